The first-order valence-electron chi connectivity index (χ1n) is 5.87. The van der Waals surface area contributed by atoms with E-state index in [0.717, 1.165) is 0 Å². The zero-order valence-corrected chi connectivity index (χ0v) is 11.9. The number of aryl methyl sites for hydroxylation is 1. The van der Waals surface area contributed by atoms with Gasteiger partial charge in [0.05, 0.1) is 6.42 Å². The molecule has 0 radical (unpaired) electrons. The first-order valence-corrected chi connectivity index (χ1v) is 7.41. The fraction of sp³-hybridized carbons (Fsp3) is 0.167. The Balaban J connectivity index is 2.20. The summed E-state index contributed by atoms with van der Waals surface area (Å²) in [5.41, 5.74) is 0.197. The topological polar surface area (TPSA) is 107 Å². The van der Waals surface area contributed by atoms with Crippen LogP contribution in [0.25, 0.3) is 0 Å². The highest BCUT2D eigenvalue weighted by atomic mass is 32.2. The predicted molar refractivity (Wildman–Crippen MR) is 73.3 cm³/mol. The molecular weight excluding hydrogens is 299 g/mol. The Labute approximate surface area is 120 Å². The average Bonchev–Trinajstić information content (AvgIpc) is 2.73. The van der Waals surface area contributed by atoms with E-state index in [-0.39, 0.29) is 22.7 Å². The number of amides is 1. The van der Waals surface area contributed by atoms with Gasteiger partial charge in [0.15, 0.2) is 5.82 Å². The molecule has 0 unspecified atom stereocenters. The van der Waals surface area contributed by atoms with E-state index in [1.165, 1.54) is 36.1 Å². The summed E-state index contributed by atoms with van der Waals surface area (Å²) in [6.07, 6.45) is 0.932. The first-order chi connectivity index (χ1) is 9.77. The molecule has 1 aromatic carbocycles. The second-order valence-electron chi connectivity index (χ2n) is 4.38. The van der Waals surface area contributed by atoms with E-state index in [4.69, 9.17) is 5.14 Å². The quantitative estimate of drug-likeness (QED) is 0.851. The number of rotatable bonds is 4. The number of anilines is 1. The Morgan fingerprint density at radius 2 is 2.10 bits per heavy atom. The number of hydrogen-bond acceptors (Lipinski definition) is 4. The molecule has 0 fully saturated rings. The van der Waals surface area contributed by atoms with Crippen LogP contribution < -0.4 is 10.5 Å². The van der Waals surface area contributed by atoms with E-state index in [1.54, 1.807) is 6.07 Å². The molecule has 9 heteroatoms. The van der Waals surface area contributed by atoms with Crippen molar-refractivity contribution in [1.82, 2.24) is 9.78 Å². The zero-order valence-electron chi connectivity index (χ0n) is 11.1. The lowest BCUT2D eigenvalue weighted by molar-refractivity contribution is -0.115. The Kier molecular flexibility index (Phi) is 4.05. The Morgan fingerprint density at radius 1 is 1.43 bits per heavy atom. The molecule has 3 N–H and O–H groups in total. The first kappa shape index (κ1) is 15.1. The lowest BCUT2D eigenvalue weighted by atomic mass is 10.1. The van der Waals surface area contributed by atoms with Crippen molar-refractivity contribution >= 4 is 21.7 Å². The number of halogens is 1. The van der Waals surface area contributed by atoms with Gasteiger partial charge in [-0.05, 0) is 11.6 Å². The molecule has 2 aromatic rings. The fourth-order valence-corrected chi connectivity index (χ4v) is 2.41. The van der Waals surface area contributed by atoms with E-state index >= 15 is 0 Å². The number of nitrogens with zero attached hydrogens (tertiary/aromatic N) is 2. The summed E-state index contributed by atoms with van der Waals surface area (Å²) in [7, 11) is -2.52. The number of primary sulfonamides is 1. The lowest BCUT2D eigenvalue weighted by Crippen LogP contribution is -2.19. The summed E-state index contributed by atoms with van der Waals surface area (Å²) < 4.78 is 37.4. The van der Waals surface area contributed by atoms with E-state index in [0.29, 0.717) is 0 Å². The van der Waals surface area contributed by atoms with Gasteiger partial charge in [-0.3, -0.25) is 9.48 Å². The number of carbonyl (C=O) groups excluding carboxylic acids is 1. The minimum atomic E-state index is -4.01. The summed E-state index contributed by atoms with van der Waals surface area (Å²) in [6, 6.07) is 5.81. The summed E-state index contributed by atoms with van der Waals surface area (Å²) >= 11 is 0. The number of sulfonamides is 1. The summed E-state index contributed by atoms with van der Waals surface area (Å²) in [4.78, 5) is 11.6. The molecule has 0 saturated heterocycles. The molecule has 0 atom stereocenters. The zero-order chi connectivity index (χ0) is 15.6. The maximum absolute atomic E-state index is 13.4. The maximum Gasteiger partial charge on any atom is 0.243 e. The highest BCUT2D eigenvalue weighted by Crippen LogP contribution is 2.18. The van der Waals surface area contributed by atoms with E-state index in [9.17, 15) is 17.6 Å². The van der Waals surface area contributed by atoms with Crippen LogP contribution in [0.4, 0.5) is 10.2 Å². The van der Waals surface area contributed by atoms with Crippen molar-refractivity contribution in [3.63, 3.8) is 0 Å². The van der Waals surface area contributed by atoms with Gasteiger partial charge < -0.3 is 5.32 Å². The number of benzene rings is 1. The van der Waals surface area contributed by atoms with Crippen LogP contribution in [-0.2, 0) is 28.3 Å². The monoisotopic (exact) mass is 312 g/mol. The smallest absolute Gasteiger partial charge is 0.243 e. The molecule has 2 rings (SSSR count). The van der Waals surface area contributed by atoms with Crippen LogP contribution >= 0.6 is 0 Å². The molecule has 0 spiro atoms. The van der Waals surface area contributed by atoms with E-state index in [1.807, 2.05) is 0 Å². The Morgan fingerprint density at radius 3 is 2.71 bits per heavy atom. The van der Waals surface area contributed by atoms with Gasteiger partial charge in [-0.1, -0.05) is 18.2 Å². The van der Waals surface area contributed by atoms with Crippen LogP contribution in [0.5, 0.6) is 0 Å². The van der Waals surface area contributed by atoms with Gasteiger partial charge in [-0.25, -0.2) is 17.9 Å². The number of aromatic nitrogens is 2. The summed E-state index contributed by atoms with van der Waals surface area (Å²) in [6.45, 7) is 0. The van der Waals surface area contributed by atoms with Crippen LogP contribution in [0.15, 0.2) is 35.4 Å². The van der Waals surface area contributed by atoms with Gasteiger partial charge in [0.25, 0.3) is 0 Å². The van der Waals surface area contributed by atoms with E-state index in [2.05, 4.69) is 10.4 Å². The molecule has 0 aliphatic carbocycles. The van der Waals surface area contributed by atoms with Crippen molar-refractivity contribution < 1.29 is 17.6 Å². The van der Waals surface area contributed by atoms with Crippen LogP contribution in [0.3, 0.4) is 0 Å². The van der Waals surface area contributed by atoms with Crippen molar-refractivity contribution in [1.29, 1.82) is 0 Å². The predicted octanol–water partition coefficient (Wildman–Crippen LogP) is 0.388. The molecule has 112 valence electrons. The summed E-state index contributed by atoms with van der Waals surface area (Å²) in [5.74, 6) is -1.29. The molecule has 1 heterocycles. The largest absolute Gasteiger partial charge is 0.308 e. The van der Waals surface area contributed by atoms with E-state index < -0.39 is 21.7 Å². The van der Waals surface area contributed by atoms with Crippen molar-refractivity contribution in [2.24, 2.45) is 12.2 Å². The SMILES string of the molecule is Cn1cc(S(N)(=O)=O)c(NC(=O)Cc2ccccc2F)n1. The Bertz CT molecular complexity index is 786. The molecule has 0 aliphatic rings. The minimum absolute atomic E-state index is 0.179. The number of carbonyl (C=O) groups is 1. The molecule has 0 saturated carbocycles. The van der Waals surface area contributed by atoms with Crippen LogP contribution in [0, 0.1) is 5.82 Å². The van der Waals surface area contributed by atoms with Crippen molar-refractivity contribution in [3.05, 3.63) is 41.8 Å². The highest BCUT2D eigenvalue weighted by Gasteiger charge is 2.20. The molecule has 21 heavy (non-hydrogen) atoms. The van der Waals surface area contributed by atoms with Gasteiger partial charge in [-0.15, -0.1) is 0 Å². The van der Waals surface area contributed by atoms with Gasteiger partial charge in [0.1, 0.15) is 10.7 Å². The van der Waals surface area contributed by atoms with Crippen molar-refractivity contribution in [2.75, 3.05) is 5.32 Å². The Hall–Kier alpha value is -2.26. The minimum Gasteiger partial charge on any atom is -0.308 e. The molecule has 1 aromatic heterocycles. The maximum atomic E-state index is 13.4. The number of nitrogens with one attached hydrogen (secondary N) is 1. The van der Waals surface area contributed by atoms with Gasteiger partial charge >= 0.3 is 0 Å². The standard InChI is InChI=1S/C12H13FN4O3S/c1-17-7-10(21(14,19)20)12(16-17)15-11(18)6-8-4-2-3-5-9(8)13/h2-5,7H,6H2,1H3,(H2,14,19,20)(H,15,16,18). The van der Waals surface area contributed by atoms with Crippen molar-refractivity contribution in [2.45, 2.75) is 11.3 Å². The van der Waals surface area contributed by atoms with Crippen molar-refractivity contribution in [3.8, 4) is 0 Å². The van der Waals surface area contributed by atoms with Gasteiger partial charge in [-0.2, -0.15) is 5.10 Å². The highest BCUT2D eigenvalue weighted by molar-refractivity contribution is 7.89. The molecular formula is C12H13FN4O3S. The normalized spacial score (nSPS) is 11.4. The van der Waals surface area contributed by atoms with Crippen LogP contribution in [0.1, 0.15) is 5.56 Å². The lowest BCUT2D eigenvalue weighted by Gasteiger charge is -2.05. The third kappa shape index (κ3) is 3.64. The molecule has 0 bridgehead atoms. The molecule has 0 aliphatic heterocycles. The number of nitrogens with two attached hydrogens (primary N) is 1. The third-order valence-corrected chi connectivity index (χ3v) is 3.58. The fourth-order valence-electron chi connectivity index (χ4n) is 1.75. The second kappa shape index (κ2) is 5.62. The summed E-state index contributed by atoms with van der Waals surface area (Å²) in [5, 5.41) is 11.2. The van der Waals surface area contributed by atoms with Crippen LogP contribution in [0.2, 0.25) is 0 Å². The number of hydrogen-bond donors (Lipinski definition) is 2. The molecule has 1 amide bonds. The third-order valence-electron chi connectivity index (χ3n) is 2.67. The average molecular weight is 312 g/mol. The van der Waals surface area contributed by atoms with Gasteiger partial charge in [0, 0.05) is 13.2 Å². The van der Waals surface area contributed by atoms with Crippen LogP contribution in [-0.4, -0.2) is 24.1 Å². The molecule has 7 nitrogen and oxygen atoms in total. The van der Waals surface area contributed by atoms with Gasteiger partial charge in [0.2, 0.25) is 15.9 Å². The second-order valence-corrected chi connectivity index (χ2v) is 5.91.